The Bertz CT molecular complexity index is 977. The minimum absolute atomic E-state index is 0.100. The van der Waals surface area contributed by atoms with Gasteiger partial charge in [-0.15, -0.1) is 10.2 Å². The summed E-state index contributed by atoms with van der Waals surface area (Å²) in [6, 6.07) is 13.5. The first-order valence-corrected chi connectivity index (χ1v) is 9.69. The lowest BCUT2D eigenvalue weighted by atomic mass is 10.2. The lowest BCUT2D eigenvalue weighted by molar-refractivity contribution is 0.276. The molecule has 0 saturated carbocycles. The summed E-state index contributed by atoms with van der Waals surface area (Å²) in [6.07, 6.45) is 2.56. The van der Waals surface area contributed by atoms with Gasteiger partial charge in [-0.2, -0.15) is 5.26 Å². The van der Waals surface area contributed by atoms with Crippen LogP contribution in [-0.4, -0.2) is 45.9 Å². The van der Waals surface area contributed by atoms with Crippen LogP contribution in [-0.2, 0) is 0 Å². The van der Waals surface area contributed by atoms with Crippen molar-refractivity contribution in [1.82, 2.24) is 24.6 Å². The Hall–Kier alpha value is -2.89. The molecular weight excluding hydrogens is 372 g/mol. The lowest BCUT2D eigenvalue weighted by Gasteiger charge is -2.23. The second-order valence-electron chi connectivity index (χ2n) is 6.33. The predicted molar refractivity (Wildman–Crippen MR) is 108 cm³/mol. The Kier molecular flexibility index (Phi) is 6.29. The average Bonchev–Trinajstić information content (AvgIpc) is 3.12. The summed E-state index contributed by atoms with van der Waals surface area (Å²) >= 11 is 1.34. The van der Waals surface area contributed by atoms with Crippen LogP contribution in [0.15, 0.2) is 52.8 Å². The quantitative estimate of drug-likeness (QED) is 0.604. The third-order valence-corrected chi connectivity index (χ3v) is 5.34. The van der Waals surface area contributed by atoms with E-state index in [9.17, 15) is 5.26 Å². The van der Waals surface area contributed by atoms with Crippen molar-refractivity contribution >= 4 is 11.8 Å². The molecule has 0 aliphatic heterocycles. The van der Waals surface area contributed by atoms with E-state index in [-0.39, 0.29) is 6.04 Å². The molecule has 0 amide bonds. The number of aromatic nitrogens is 4. The lowest BCUT2D eigenvalue weighted by Crippen LogP contribution is -2.22. The minimum Gasteiger partial charge on any atom is -0.497 e. The van der Waals surface area contributed by atoms with Crippen LogP contribution in [0.5, 0.6) is 5.75 Å². The number of ether oxygens (including phenoxy) is 1. The van der Waals surface area contributed by atoms with E-state index in [2.05, 4.69) is 33.1 Å². The van der Waals surface area contributed by atoms with Crippen molar-refractivity contribution in [2.24, 2.45) is 0 Å². The number of methoxy groups -OCH3 is 1. The maximum Gasteiger partial charge on any atom is 0.202 e. The van der Waals surface area contributed by atoms with Crippen LogP contribution in [0.1, 0.15) is 30.8 Å². The molecule has 3 aromatic rings. The number of hydrogen-bond donors (Lipinski definition) is 0. The molecule has 0 radical (unpaired) electrons. The molecule has 1 aromatic carbocycles. The molecule has 0 aliphatic carbocycles. The van der Waals surface area contributed by atoms with Crippen LogP contribution in [0.4, 0.5) is 0 Å². The fraction of sp³-hybridized carbons (Fsp3) is 0.300. The van der Waals surface area contributed by atoms with Gasteiger partial charge >= 0.3 is 0 Å². The van der Waals surface area contributed by atoms with E-state index in [1.165, 1.54) is 11.8 Å². The van der Waals surface area contributed by atoms with Gasteiger partial charge in [0.1, 0.15) is 16.8 Å². The van der Waals surface area contributed by atoms with Crippen LogP contribution in [0.25, 0.3) is 5.69 Å². The summed E-state index contributed by atoms with van der Waals surface area (Å²) in [6.45, 7) is 2.12. The Morgan fingerprint density at radius 3 is 2.57 bits per heavy atom. The molecule has 0 N–H and O–H groups in total. The van der Waals surface area contributed by atoms with Gasteiger partial charge in [-0.1, -0.05) is 6.92 Å². The van der Waals surface area contributed by atoms with Gasteiger partial charge in [-0.05, 0) is 68.7 Å². The first kappa shape index (κ1) is 19.9. The van der Waals surface area contributed by atoms with E-state index < -0.39 is 0 Å². The Morgan fingerprint density at radius 2 is 1.96 bits per heavy atom. The predicted octanol–water partition coefficient (Wildman–Crippen LogP) is 3.71. The summed E-state index contributed by atoms with van der Waals surface area (Å²) in [5.74, 6) is 1.62. The van der Waals surface area contributed by atoms with E-state index in [4.69, 9.17) is 4.74 Å². The second kappa shape index (κ2) is 8.87. The van der Waals surface area contributed by atoms with Crippen molar-refractivity contribution in [3.05, 3.63) is 54.0 Å². The van der Waals surface area contributed by atoms with Crippen LogP contribution in [0.3, 0.4) is 0 Å². The second-order valence-corrected chi connectivity index (χ2v) is 7.29. The topological polar surface area (TPSA) is 79.9 Å². The largest absolute Gasteiger partial charge is 0.497 e. The van der Waals surface area contributed by atoms with Gasteiger partial charge in [0.15, 0.2) is 5.82 Å². The van der Waals surface area contributed by atoms with Crippen LogP contribution < -0.4 is 4.74 Å². The molecule has 0 aliphatic rings. The van der Waals surface area contributed by atoms with E-state index in [0.717, 1.165) is 23.7 Å². The van der Waals surface area contributed by atoms with Gasteiger partial charge in [0.25, 0.3) is 0 Å². The average molecular weight is 395 g/mol. The maximum atomic E-state index is 9.38. The molecular formula is C20H22N6OS. The Balaban J connectivity index is 2.12. The zero-order valence-electron chi connectivity index (χ0n) is 16.3. The Morgan fingerprint density at radius 1 is 1.21 bits per heavy atom. The van der Waals surface area contributed by atoms with Gasteiger partial charge in [-0.3, -0.25) is 9.47 Å². The van der Waals surface area contributed by atoms with E-state index in [1.807, 2.05) is 42.9 Å². The molecule has 8 heteroatoms. The highest BCUT2D eigenvalue weighted by Crippen LogP contribution is 2.33. The van der Waals surface area contributed by atoms with Crippen molar-refractivity contribution in [2.45, 2.75) is 29.6 Å². The maximum absolute atomic E-state index is 9.38. The van der Waals surface area contributed by atoms with Crippen molar-refractivity contribution in [1.29, 1.82) is 5.26 Å². The van der Waals surface area contributed by atoms with Gasteiger partial charge in [0, 0.05) is 11.9 Å². The third-order valence-electron chi connectivity index (χ3n) is 4.38. The summed E-state index contributed by atoms with van der Waals surface area (Å²) < 4.78 is 7.30. The van der Waals surface area contributed by atoms with Crippen LogP contribution >= 0.6 is 11.8 Å². The molecule has 7 nitrogen and oxygen atoms in total. The first-order valence-electron chi connectivity index (χ1n) is 8.88. The van der Waals surface area contributed by atoms with Gasteiger partial charge in [-0.25, -0.2) is 4.98 Å². The number of nitrogens with zero attached hydrogens (tertiary/aromatic N) is 6. The Labute approximate surface area is 169 Å². The van der Waals surface area contributed by atoms with Crippen LogP contribution in [0.2, 0.25) is 0 Å². The molecule has 2 heterocycles. The fourth-order valence-electron chi connectivity index (χ4n) is 2.96. The molecule has 0 saturated heterocycles. The van der Waals surface area contributed by atoms with Crippen LogP contribution in [0, 0.1) is 11.3 Å². The highest BCUT2D eigenvalue weighted by Gasteiger charge is 2.24. The van der Waals surface area contributed by atoms with E-state index >= 15 is 0 Å². The number of pyridine rings is 1. The minimum atomic E-state index is 0.100. The molecule has 0 unspecified atom stereocenters. The highest BCUT2D eigenvalue weighted by molar-refractivity contribution is 7.99. The summed E-state index contributed by atoms with van der Waals surface area (Å²) in [4.78, 5) is 6.47. The zero-order chi connectivity index (χ0) is 20.1. The molecule has 144 valence electrons. The van der Waals surface area contributed by atoms with Crippen molar-refractivity contribution < 1.29 is 4.74 Å². The van der Waals surface area contributed by atoms with Crippen molar-refractivity contribution in [2.75, 3.05) is 21.2 Å². The standard InChI is InChI=1S/C20H22N6OS/c1-5-17(25(2)3)18-23-24-20(28-19-14(13-21)7-6-12-22-19)26(18)15-8-10-16(27-4)11-9-15/h6-12,17H,5H2,1-4H3/t17-/m0/s1. The van der Waals surface area contributed by atoms with Gasteiger partial charge in [0.2, 0.25) is 5.16 Å². The number of benzene rings is 1. The first-order chi connectivity index (χ1) is 13.6. The van der Waals surface area contributed by atoms with E-state index in [1.54, 1.807) is 25.4 Å². The number of hydrogen-bond acceptors (Lipinski definition) is 7. The van der Waals surface area contributed by atoms with Crippen molar-refractivity contribution in [3.63, 3.8) is 0 Å². The van der Waals surface area contributed by atoms with Gasteiger partial charge in [0.05, 0.1) is 18.7 Å². The zero-order valence-corrected chi connectivity index (χ0v) is 17.1. The van der Waals surface area contributed by atoms with E-state index in [0.29, 0.717) is 15.7 Å². The number of rotatable bonds is 7. The molecule has 0 bridgehead atoms. The molecule has 28 heavy (non-hydrogen) atoms. The fourth-order valence-corrected chi connectivity index (χ4v) is 3.84. The molecule has 2 aromatic heterocycles. The molecule has 0 spiro atoms. The summed E-state index contributed by atoms with van der Waals surface area (Å²) in [7, 11) is 5.70. The summed E-state index contributed by atoms with van der Waals surface area (Å²) in [5.41, 5.74) is 1.44. The smallest absolute Gasteiger partial charge is 0.202 e. The molecule has 1 atom stereocenters. The summed E-state index contributed by atoms with van der Waals surface area (Å²) in [5, 5.41) is 19.6. The highest BCUT2D eigenvalue weighted by atomic mass is 32.2. The molecule has 0 fully saturated rings. The van der Waals surface area contributed by atoms with Gasteiger partial charge < -0.3 is 4.74 Å². The SMILES string of the molecule is CC[C@@H](c1nnc(Sc2ncccc2C#N)n1-c1ccc(OC)cc1)N(C)C. The third kappa shape index (κ3) is 4.01. The molecule has 3 rings (SSSR count). The van der Waals surface area contributed by atoms with Crippen molar-refractivity contribution in [3.8, 4) is 17.5 Å². The number of nitriles is 1. The normalized spacial score (nSPS) is 12.0. The monoisotopic (exact) mass is 394 g/mol.